The highest BCUT2D eigenvalue weighted by molar-refractivity contribution is 6.06. The number of nitrogens with two attached hydrogens (primary N) is 3. The van der Waals surface area contributed by atoms with Crippen LogP contribution >= 0.6 is 0 Å². The third kappa shape index (κ3) is 6.79. The van der Waals surface area contributed by atoms with Crippen molar-refractivity contribution in [2.75, 3.05) is 19.0 Å². The molecule has 11 heteroatoms. The molecular weight excluding hydrogens is 558 g/mol. The minimum absolute atomic E-state index is 0.0261. The number of benzene rings is 4. The van der Waals surface area contributed by atoms with Gasteiger partial charge in [-0.15, -0.1) is 0 Å². The first-order valence-electron chi connectivity index (χ1n) is 14.0. The fourth-order valence-corrected chi connectivity index (χ4v) is 4.87. The summed E-state index contributed by atoms with van der Waals surface area (Å²) < 4.78 is 13.2. The summed E-state index contributed by atoms with van der Waals surface area (Å²) in [6, 6.07) is 28.2. The molecule has 5 aromatic rings. The van der Waals surface area contributed by atoms with Crippen molar-refractivity contribution in [3.05, 3.63) is 103 Å². The van der Waals surface area contributed by atoms with E-state index in [4.69, 9.17) is 31.7 Å². The maximum Gasteiger partial charge on any atom is 0.255 e. The van der Waals surface area contributed by atoms with Gasteiger partial charge in [0.2, 0.25) is 5.91 Å². The van der Waals surface area contributed by atoms with Crippen LogP contribution in [0.4, 0.5) is 5.69 Å². The molecule has 1 aromatic heterocycles. The summed E-state index contributed by atoms with van der Waals surface area (Å²) in [7, 11) is 1.58. The number of hydrogen-bond donors (Lipinski definition) is 4. The second kappa shape index (κ2) is 13.4. The number of nitrogens with one attached hydrogen (secondary N) is 1. The maximum absolute atomic E-state index is 13.2. The number of amides is 2. The van der Waals surface area contributed by atoms with Crippen LogP contribution in [0, 0.1) is 0 Å². The molecule has 0 fully saturated rings. The summed E-state index contributed by atoms with van der Waals surface area (Å²) in [6.07, 6.45) is 0.848. The Labute approximate surface area is 254 Å². The molecule has 0 aliphatic rings. The van der Waals surface area contributed by atoms with Gasteiger partial charge in [-0.05, 0) is 79.6 Å². The molecule has 5 rings (SSSR count). The van der Waals surface area contributed by atoms with E-state index in [1.54, 1.807) is 54.1 Å². The van der Waals surface area contributed by atoms with Crippen molar-refractivity contribution in [2.45, 2.75) is 18.9 Å². The molecule has 0 bridgehead atoms. The van der Waals surface area contributed by atoms with Crippen molar-refractivity contribution in [3.63, 3.8) is 0 Å². The van der Waals surface area contributed by atoms with Gasteiger partial charge in [-0.2, -0.15) is 0 Å². The number of methoxy groups -OCH3 is 1. The molecule has 0 aliphatic heterocycles. The van der Waals surface area contributed by atoms with E-state index in [0.29, 0.717) is 70.3 Å². The number of carbonyl (C=O) groups excluding carboxylic acids is 2. The molecule has 1 atom stereocenters. The maximum atomic E-state index is 13.2. The first-order valence-corrected chi connectivity index (χ1v) is 14.0. The summed E-state index contributed by atoms with van der Waals surface area (Å²) in [4.78, 5) is 35.1. The number of aliphatic imine (C=N–C) groups is 1. The van der Waals surface area contributed by atoms with Gasteiger partial charge < -0.3 is 36.6 Å². The van der Waals surface area contributed by atoms with E-state index in [1.165, 1.54) is 0 Å². The summed E-state index contributed by atoms with van der Waals surface area (Å²) in [5, 5.41) is 2.89. The number of anilines is 1. The number of nitrogens with zero attached hydrogens (tertiary/aromatic N) is 3. The molecular formula is C33H33N7O4. The standard InChI is InChI=1S/C33H33N7O4/c1-43-23-16-14-22(15-17-23)38-32(42)21-13-18-27-26(20-21)39-31(40(27)28(30(34)41)11-7-19-37-33(35)36)25-10-5-6-12-29(25)44-24-8-3-2-4-9-24/h2-6,8-10,12-18,20,28H,7,11,19H2,1H3,(H2,34,41)(H,38,42)(H4,35,36,37). The van der Waals surface area contributed by atoms with Gasteiger partial charge in [0.15, 0.2) is 5.96 Å². The molecule has 0 saturated heterocycles. The van der Waals surface area contributed by atoms with Crippen LogP contribution in [-0.2, 0) is 4.79 Å². The van der Waals surface area contributed by atoms with Crippen molar-refractivity contribution in [1.82, 2.24) is 9.55 Å². The largest absolute Gasteiger partial charge is 0.497 e. The second-order valence-corrected chi connectivity index (χ2v) is 9.97. The van der Waals surface area contributed by atoms with Gasteiger partial charge in [0.05, 0.1) is 23.7 Å². The lowest BCUT2D eigenvalue weighted by Crippen LogP contribution is -2.27. The van der Waals surface area contributed by atoms with Crippen LogP contribution in [0.1, 0.15) is 29.2 Å². The van der Waals surface area contributed by atoms with Crippen molar-refractivity contribution in [3.8, 4) is 28.6 Å². The topological polar surface area (TPSA) is 173 Å². The van der Waals surface area contributed by atoms with Crippen molar-refractivity contribution < 1.29 is 19.1 Å². The Bertz CT molecular complexity index is 1800. The molecule has 0 radical (unpaired) electrons. The Morgan fingerprint density at radius 2 is 1.64 bits per heavy atom. The highest BCUT2D eigenvalue weighted by atomic mass is 16.5. The van der Waals surface area contributed by atoms with E-state index in [-0.39, 0.29) is 11.9 Å². The number of rotatable bonds is 12. The van der Waals surface area contributed by atoms with Crippen LogP contribution in [-0.4, -0.2) is 41.0 Å². The molecule has 1 heterocycles. The number of ether oxygens (including phenoxy) is 2. The Morgan fingerprint density at radius 3 is 2.34 bits per heavy atom. The highest BCUT2D eigenvalue weighted by Gasteiger charge is 2.26. The molecule has 11 nitrogen and oxygen atoms in total. The van der Waals surface area contributed by atoms with Crippen LogP contribution in [0.2, 0.25) is 0 Å². The van der Waals surface area contributed by atoms with Gasteiger partial charge in [-0.25, -0.2) is 4.98 Å². The van der Waals surface area contributed by atoms with Gasteiger partial charge in [0.1, 0.15) is 29.1 Å². The Hall–Kier alpha value is -5.84. The average Bonchev–Trinajstić information content (AvgIpc) is 3.40. The molecule has 0 aliphatic carbocycles. The molecule has 0 spiro atoms. The zero-order valence-corrected chi connectivity index (χ0v) is 24.1. The fourth-order valence-electron chi connectivity index (χ4n) is 4.87. The summed E-state index contributed by atoms with van der Waals surface area (Å²) in [6.45, 7) is 0.331. The number of fused-ring (bicyclic) bond motifs is 1. The zero-order valence-electron chi connectivity index (χ0n) is 24.1. The van der Waals surface area contributed by atoms with Crippen LogP contribution in [0.15, 0.2) is 102 Å². The van der Waals surface area contributed by atoms with E-state index in [0.717, 1.165) is 0 Å². The van der Waals surface area contributed by atoms with Crippen LogP contribution in [0.5, 0.6) is 17.2 Å². The fraction of sp³-hybridized carbons (Fsp3) is 0.152. The van der Waals surface area contributed by atoms with Gasteiger partial charge in [0.25, 0.3) is 5.91 Å². The molecule has 224 valence electrons. The summed E-state index contributed by atoms with van der Waals surface area (Å²) >= 11 is 0. The number of aromatic nitrogens is 2. The first-order chi connectivity index (χ1) is 21.3. The molecule has 0 saturated carbocycles. The van der Waals surface area contributed by atoms with Gasteiger partial charge in [-0.1, -0.05) is 30.3 Å². The van der Waals surface area contributed by atoms with E-state index in [1.807, 2.05) is 54.6 Å². The number of carbonyl (C=O) groups is 2. The quantitative estimate of drug-likeness (QED) is 0.0913. The minimum atomic E-state index is -0.784. The number of hydrogen-bond acceptors (Lipinski definition) is 6. The van der Waals surface area contributed by atoms with Crippen LogP contribution in [0.3, 0.4) is 0 Å². The minimum Gasteiger partial charge on any atom is -0.497 e. The van der Waals surface area contributed by atoms with Gasteiger partial charge in [0, 0.05) is 17.8 Å². The number of para-hydroxylation sites is 2. The van der Waals surface area contributed by atoms with E-state index >= 15 is 0 Å². The van der Waals surface area contributed by atoms with E-state index in [2.05, 4.69) is 10.3 Å². The Kier molecular flexibility index (Phi) is 9.05. The lowest BCUT2D eigenvalue weighted by molar-refractivity contribution is -0.121. The second-order valence-electron chi connectivity index (χ2n) is 9.97. The van der Waals surface area contributed by atoms with Gasteiger partial charge >= 0.3 is 0 Å². The predicted molar refractivity (Wildman–Crippen MR) is 171 cm³/mol. The van der Waals surface area contributed by atoms with Crippen molar-refractivity contribution >= 4 is 34.5 Å². The normalized spacial score (nSPS) is 11.5. The van der Waals surface area contributed by atoms with Crippen LogP contribution < -0.4 is 32.0 Å². The molecule has 7 N–H and O–H groups in total. The van der Waals surface area contributed by atoms with Crippen molar-refractivity contribution in [2.24, 2.45) is 22.2 Å². The van der Waals surface area contributed by atoms with Crippen LogP contribution in [0.25, 0.3) is 22.4 Å². The predicted octanol–water partition coefficient (Wildman–Crippen LogP) is 4.84. The molecule has 44 heavy (non-hydrogen) atoms. The number of primary amides is 1. The molecule has 1 unspecified atom stereocenters. The van der Waals surface area contributed by atoms with E-state index < -0.39 is 11.9 Å². The highest BCUT2D eigenvalue weighted by Crippen LogP contribution is 2.37. The Morgan fingerprint density at radius 1 is 0.909 bits per heavy atom. The average molecular weight is 592 g/mol. The number of guanidine groups is 1. The number of imidazole rings is 1. The third-order valence-electron chi connectivity index (χ3n) is 6.97. The van der Waals surface area contributed by atoms with Crippen molar-refractivity contribution in [1.29, 1.82) is 0 Å². The molecule has 4 aromatic carbocycles. The zero-order chi connectivity index (χ0) is 31.1. The SMILES string of the molecule is COc1ccc(NC(=O)c2ccc3c(c2)nc(-c2ccccc2Oc2ccccc2)n3C(CCCN=C(N)N)C(N)=O)cc1. The monoisotopic (exact) mass is 591 g/mol. The van der Waals surface area contributed by atoms with E-state index in [9.17, 15) is 9.59 Å². The lowest BCUT2D eigenvalue weighted by Gasteiger charge is -2.20. The Balaban J connectivity index is 1.58. The first kappa shape index (κ1) is 29.6. The molecule has 2 amide bonds. The summed E-state index contributed by atoms with van der Waals surface area (Å²) in [5.74, 6) is 1.44. The van der Waals surface area contributed by atoms with Gasteiger partial charge in [-0.3, -0.25) is 14.6 Å². The summed E-state index contributed by atoms with van der Waals surface area (Å²) in [5.41, 5.74) is 19.7. The smallest absolute Gasteiger partial charge is 0.255 e. The third-order valence-corrected chi connectivity index (χ3v) is 6.97. The lowest BCUT2D eigenvalue weighted by atomic mass is 10.1.